The van der Waals surface area contributed by atoms with E-state index >= 15 is 0 Å². The van der Waals surface area contributed by atoms with Crippen LogP contribution in [0.4, 0.5) is 0 Å². The van der Waals surface area contributed by atoms with E-state index in [-0.39, 0.29) is 0 Å². The van der Waals surface area contributed by atoms with Gasteiger partial charge in [-0.15, -0.1) is 0 Å². The normalized spacial score (nSPS) is 10.3. The van der Waals surface area contributed by atoms with Crippen LogP contribution in [0.5, 0.6) is 6.08 Å². The summed E-state index contributed by atoms with van der Waals surface area (Å²) in [4.78, 5) is 4.01. The van der Waals surface area contributed by atoms with Crippen LogP contribution in [0.3, 0.4) is 0 Å². The van der Waals surface area contributed by atoms with E-state index in [2.05, 4.69) is 11.9 Å². The third-order valence-electron chi connectivity index (χ3n) is 1.71. The van der Waals surface area contributed by atoms with E-state index in [1.807, 2.05) is 0 Å². The van der Waals surface area contributed by atoms with E-state index in [1.54, 1.807) is 0 Å². The summed E-state index contributed by atoms with van der Waals surface area (Å²) in [5.41, 5.74) is 6.09. The van der Waals surface area contributed by atoms with Gasteiger partial charge in [-0.05, 0) is 6.42 Å². The molecule has 1 heterocycles. The zero-order valence-electron chi connectivity index (χ0n) is 7.95. The molecule has 0 amide bonds. The lowest BCUT2D eigenvalue weighted by Gasteiger charge is -1.98. The highest BCUT2D eigenvalue weighted by Crippen LogP contribution is 2.09. The number of nitrogens with zero attached hydrogens (tertiary/aromatic N) is 1. The molecule has 0 aliphatic rings. The lowest BCUT2D eigenvalue weighted by Crippen LogP contribution is -1.99. The molecule has 0 atom stereocenters. The molecule has 0 aliphatic carbocycles. The van der Waals surface area contributed by atoms with Crippen LogP contribution in [0, 0.1) is 0 Å². The molecule has 1 aromatic rings. The quantitative estimate of drug-likeness (QED) is 0.683. The maximum atomic E-state index is 5.36. The molecule has 74 valence electrons. The molecule has 0 saturated heterocycles. The molecule has 1 aromatic heterocycles. The van der Waals surface area contributed by atoms with Crippen molar-refractivity contribution in [1.82, 2.24) is 4.98 Å². The molecule has 2 N–H and O–H groups in total. The van der Waals surface area contributed by atoms with Gasteiger partial charge in [-0.1, -0.05) is 19.8 Å². The smallest absolute Gasteiger partial charge is 0.393 e. The Bertz CT molecular complexity index is 235. The van der Waals surface area contributed by atoms with Crippen molar-refractivity contribution in [2.45, 2.75) is 32.7 Å². The Morgan fingerprint density at radius 1 is 1.54 bits per heavy atom. The van der Waals surface area contributed by atoms with E-state index in [1.165, 1.54) is 19.1 Å². The summed E-state index contributed by atoms with van der Waals surface area (Å²) in [7, 11) is 0. The van der Waals surface area contributed by atoms with Crippen LogP contribution in [0.25, 0.3) is 0 Å². The van der Waals surface area contributed by atoms with Gasteiger partial charge >= 0.3 is 6.08 Å². The summed E-state index contributed by atoms with van der Waals surface area (Å²) >= 11 is 0. The lowest BCUT2D eigenvalue weighted by atomic mass is 10.3. The Hall–Kier alpha value is -1.03. The standard InChI is InChI=1S/C9H16N2O2/c1-2-3-4-5-12-9-11-8(6-10)7-13-9/h7H,2-6,10H2,1H3. The summed E-state index contributed by atoms with van der Waals surface area (Å²) < 4.78 is 10.3. The highest BCUT2D eigenvalue weighted by atomic mass is 16.6. The van der Waals surface area contributed by atoms with E-state index < -0.39 is 0 Å². The number of rotatable bonds is 6. The highest BCUT2D eigenvalue weighted by molar-refractivity contribution is 4.98. The molecule has 0 aromatic carbocycles. The Labute approximate surface area is 78.1 Å². The van der Waals surface area contributed by atoms with Crippen LogP contribution in [-0.2, 0) is 6.54 Å². The number of nitrogens with two attached hydrogens (primary N) is 1. The molecule has 0 aliphatic heterocycles. The molecule has 4 heteroatoms. The number of hydrogen-bond donors (Lipinski definition) is 1. The van der Waals surface area contributed by atoms with Gasteiger partial charge in [0.05, 0.1) is 12.3 Å². The third-order valence-corrected chi connectivity index (χ3v) is 1.71. The second-order valence-corrected chi connectivity index (χ2v) is 2.86. The largest absolute Gasteiger partial charge is 0.450 e. The SMILES string of the molecule is CCCCCOc1nc(CN)co1. The Balaban J connectivity index is 2.20. The van der Waals surface area contributed by atoms with E-state index in [9.17, 15) is 0 Å². The first-order chi connectivity index (χ1) is 6.36. The van der Waals surface area contributed by atoms with Crippen LogP contribution in [0.2, 0.25) is 0 Å². The summed E-state index contributed by atoms with van der Waals surface area (Å²) in [5, 5.41) is 0. The van der Waals surface area contributed by atoms with Crippen LogP contribution in [-0.4, -0.2) is 11.6 Å². The predicted molar refractivity (Wildman–Crippen MR) is 49.4 cm³/mol. The fourth-order valence-corrected chi connectivity index (χ4v) is 0.960. The Kier molecular flexibility index (Phi) is 4.32. The van der Waals surface area contributed by atoms with Gasteiger partial charge < -0.3 is 14.9 Å². The van der Waals surface area contributed by atoms with Gasteiger partial charge in [0.2, 0.25) is 0 Å². The number of aromatic nitrogens is 1. The first-order valence-corrected chi connectivity index (χ1v) is 4.64. The fourth-order valence-electron chi connectivity index (χ4n) is 0.960. The second-order valence-electron chi connectivity index (χ2n) is 2.86. The van der Waals surface area contributed by atoms with Crippen molar-refractivity contribution in [2.24, 2.45) is 5.73 Å². The van der Waals surface area contributed by atoms with Crippen molar-refractivity contribution in [3.05, 3.63) is 12.0 Å². The van der Waals surface area contributed by atoms with Crippen LogP contribution in [0.15, 0.2) is 10.7 Å². The van der Waals surface area contributed by atoms with Crippen LogP contribution < -0.4 is 10.5 Å². The average molecular weight is 184 g/mol. The van der Waals surface area contributed by atoms with E-state index in [0.717, 1.165) is 12.1 Å². The van der Waals surface area contributed by atoms with E-state index in [0.29, 0.717) is 19.2 Å². The van der Waals surface area contributed by atoms with Gasteiger partial charge in [0.25, 0.3) is 0 Å². The van der Waals surface area contributed by atoms with Gasteiger partial charge in [-0.25, -0.2) is 0 Å². The lowest BCUT2D eigenvalue weighted by molar-refractivity contribution is 0.224. The van der Waals surface area contributed by atoms with Crippen LogP contribution >= 0.6 is 0 Å². The number of hydrogen-bond acceptors (Lipinski definition) is 4. The van der Waals surface area contributed by atoms with Gasteiger partial charge in [0, 0.05) is 6.54 Å². The molecule has 13 heavy (non-hydrogen) atoms. The Morgan fingerprint density at radius 2 is 2.38 bits per heavy atom. The average Bonchev–Trinajstić information content (AvgIpc) is 2.60. The molecule has 0 radical (unpaired) electrons. The first-order valence-electron chi connectivity index (χ1n) is 4.64. The van der Waals surface area contributed by atoms with Crippen molar-refractivity contribution in [2.75, 3.05) is 6.61 Å². The molecule has 0 bridgehead atoms. The van der Waals surface area contributed by atoms with Gasteiger partial charge in [-0.2, -0.15) is 4.98 Å². The zero-order valence-corrected chi connectivity index (χ0v) is 7.95. The van der Waals surface area contributed by atoms with Crippen molar-refractivity contribution in [3.8, 4) is 6.08 Å². The van der Waals surface area contributed by atoms with Crippen molar-refractivity contribution >= 4 is 0 Å². The molecule has 0 saturated carbocycles. The minimum Gasteiger partial charge on any atom is -0.450 e. The number of oxazole rings is 1. The molecule has 0 unspecified atom stereocenters. The number of unbranched alkanes of at least 4 members (excludes halogenated alkanes) is 2. The number of ether oxygens (including phenoxy) is 1. The van der Waals surface area contributed by atoms with Gasteiger partial charge in [-0.3, -0.25) is 0 Å². The fraction of sp³-hybridized carbons (Fsp3) is 0.667. The van der Waals surface area contributed by atoms with Crippen LogP contribution in [0.1, 0.15) is 31.9 Å². The van der Waals surface area contributed by atoms with E-state index in [4.69, 9.17) is 14.9 Å². The highest BCUT2D eigenvalue weighted by Gasteiger charge is 2.02. The maximum Gasteiger partial charge on any atom is 0.393 e. The van der Waals surface area contributed by atoms with Gasteiger partial charge in [0.15, 0.2) is 0 Å². The van der Waals surface area contributed by atoms with Crippen molar-refractivity contribution in [3.63, 3.8) is 0 Å². The minimum absolute atomic E-state index is 0.330. The Morgan fingerprint density at radius 3 is 3.00 bits per heavy atom. The summed E-state index contributed by atoms with van der Waals surface area (Å²) in [6.45, 7) is 3.21. The topological polar surface area (TPSA) is 61.3 Å². The molecule has 0 fully saturated rings. The molecule has 4 nitrogen and oxygen atoms in total. The van der Waals surface area contributed by atoms with Crippen molar-refractivity contribution < 1.29 is 9.15 Å². The third kappa shape index (κ3) is 3.46. The maximum absolute atomic E-state index is 5.36. The summed E-state index contributed by atoms with van der Waals surface area (Å²) in [6, 6.07) is 0. The monoisotopic (exact) mass is 184 g/mol. The molecular weight excluding hydrogens is 168 g/mol. The van der Waals surface area contributed by atoms with Gasteiger partial charge in [0.1, 0.15) is 6.26 Å². The first kappa shape index (κ1) is 10.1. The molecule has 0 spiro atoms. The minimum atomic E-state index is 0.330. The predicted octanol–water partition coefficient (Wildman–Crippen LogP) is 1.70. The molecule has 1 rings (SSSR count). The summed E-state index contributed by atoms with van der Waals surface area (Å²) in [5.74, 6) is 0. The summed E-state index contributed by atoms with van der Waals surface area (Å²) in [6.07, 6.45) is 5.25. The second kappa shape index (κ2) is 5.59. The zero-order chi connectivity index (χ0) is 9.52. The molecular formula is C9H16N2O2. The van der Waals surface area contributed by atoms with Crippen molar-refractivity contribution in [1.29, 1.82) is 0 Å².